The quantitative estimate of drug-likeness (QED) is 0.661. The third-order valence-electron chi connectivity index (χ3n) is 4.10. The Kier molecular flexibility index (Phi) is 4.41. The maximum atomic E-state index is 12.4. The molecule has 1 aliphatic rings. The molecule has 0 saturated carbocycles. The van der Waals surface area contributed by atoms with Crippen LogP contribution < -0.4 is 0 Å². The van der Waals surface area contributed by atoms with E-state index < -0.39 is 5.97 Å². The Balaban J connectivity index is 1.87. The molecule has 0 N–H and O–H groups in total. The molecule has 0 amide bonds. The van der Waals surface area contributed by atoms with E-state index in [0.717, 1.165) is 24.1 Å². The largest absolute Gasteiger partial charge is 0.462 e. The lowest BCUT2D eigenvalue weighted by molar-refractivity contribution is -0.0370. The van der Waals surface area contributed by atoms with Gasteiger partial charge in [-0.15, -0.1) is 5.10 Å². The molecule has 25 heavy (non-hydrogen) atoms. The van der Waals surface area contributed by atoms with E-state index in [1.807, 2.05) is 0 Å². The molecule has 130 valence electrons. The van der Waals surface area contributed by atoms with Gasteiger partial charge in [0.1, 0.15) is 0 Å². The van der Waals surface area contributed by atoms with Crippen LogP contribution in [0.1, 0.15) is 42.8 Å². The summed E-state index contributed by atoms with van der Waals surface area (Å²) in [4.78, 5) is 17.9. The molecule has 4 rings (SSSR count). The van der Waals surface area contributed by atoms with Crippen LogP contribution >= 0.6 is 11.5 Å². The van der Waals surface area contributed by atoms with Crippen molar-refractivity contribution in [3.05, 3.63) is 24.0 Å². The number of fused-ring (bicyclic) bond motifs is 1. The van der Waals surface area contributed by atoms with Gasteiger partial charge < -0.3 is 9.47 Å². The normalized spacial score (nSPS) is 17.7. The van der Waals surface area contributed by atoms with Crippen LogP contribution in [0.25, 0.3) is 21.6 Å². The number of carbonyl (C=O) groups is 1. The molecule has 9 heteroatoms. The third kappa shape index (κ3) is 3.00. The highest BCUT2D eigenvalue weighted by Crippen LogP contribution is 2.30. The van der Waals surface area contributed by atoms with Crippen molar-refractivity contribution in [2.75, 3.05) is 13.2 Å². The van der Waals surface area contributed by atoms with Crippen LogP contribution in [0.5, 0.6) is 0 Å². The number of hydrogen-bond donors (Lipinski definition) is 0. The third-order valence-corrected chi connectivity index (χ3v) is 4.79. The van der Waals surface area contributed by atoms with Crippen molar-refractivity contribution in [1.29, 1.82) is 0 Å². The van der Waals surface area contributed by atoms with E-state index in [4.69, 9.17) is 14.5 Å². The molecule has 0 aromatic carbocycles. The summed E-state index contributed by atoms with van der Waals surface area (Å²) >= 11 is 1.23. The second-order valence-electron chi connectivity index (χ2n) is 5.70. The number of ether oxygens (including phenoxy) is 2. The lowest BCUT2D eigenvalue weighted by Gasteiger charge is -2.23. The van der Waals surface area contributed by atoms with Crippen LogP contribution in [-0.4, -0.2) is 43.5 Å². The fourth-order valence-electron chi connectivity index (χ4n) is 2.93. The van der Waals surface area contributed by atoms with Crippen molar-refractivity contribution < 1.29 is 14.3 Å². The summed E-state index contributed by atoms with van der Waals surface area (Å²) in [5, 5.41) is 8.95. The van der Waals surface area contributed by atoms with Crippen LogP contribution in [0.15, 0.2) is 18.5 Å². The van der Waals surface area contributed by atoms with Crippen molar-refractivity contribution >= 4 is 28.5 Å². The maximum Gasteiger partial charge on any atom is 0.339 e. The minimum atomic E-state index is -0.391. The monoisotopic (exact) mass is 359 g/mol. The smallest absolute Gasteiger partial charge is 0.339 e. The molecule has 1 atom stereocenters. The zero-order valence-corrected chi connectivity index (χ0v) is 14.5. The first-order valence-electron chi connectivity index (χ1n) is 8.22. The molecule has 1 fully saturated rings. The average Bonchev–Trinajstić information content (AvgIpc) is 3.31. The molecule has 0 aliphatic carbocycles. The zero-order chi connectivity index (χ0) is 17.2. The Morgan fingerprint density at radius 3 is 3.08 bits per heavy atom. The number of nitrogens with zero attached hydrogens (tertiary/aromatic N) is 5. The van der Waals surface area contributed by atoms with E-state index in [0.29, 0.717) is 35.5 Å². The highest BCUT2D eigenvalue weighted by Gasteiger charge is 2.23. The summed E-state index contributed by atoms with van der Waals surface area (Å²) in [5.74, 6) is -0.391. The second kappa shape index (κ2) is 6.85. The van der Waals surface area contributed by atoms with Crippen molar-refractivity contribution in [2.24, 2.45) is 0 Å². The lowest BCUT2D eigenvalue weighted by atomic mass is 10.1. The number of pyridine rings is 1. The predicted molar refractivity (Wildman–Crippen MR) is 91.2 cm³/mol. The molecule has 1 aliphatic heterocycles. The number of aromatic nitrogens is 5. The minimum Gasteiger partial charge on any atom is -0.462 e. The highest BCUT2D eigenvalue weighted by atomic mass is 32.1. The van der Waals surface area contributed by atoms with Crippen molar-refractivity contribution in [2.45, 2.75) is 32.4 Å². The van der Waals surface area contributed by atoms with Gasteiger partial charge in [-0.25, -0.2) is 14.5 Å². The maximum absolute atomic E-state index is 12.4. The highest BCUT2D eigenvalue weighted by molar-refractivity contribution is 7.09. The van der Waals surface area contributed by atoms with E-state index in [1.54, 1.807) is 30.1 Å². The van der Waals surface area contributed by atoms with Crippen LogP contribution in [0.3, 0.4) is 0 Å². The second-order valence-corrected chi connectivity index (χ2v) is 6.49. The van der Waals surface area contributed by atoms with E-state index in [9.17, 15) is 4.79 Å². The van der Waals surface area contributed by atoms with Gasteiger partial charge in [0.2, 0.25) is 0 Å². The summed E-state index contributed by atoms with van der Waals surface area (Å²) in [5.41, 5.74) is 1.68. The van der Waals surface area contributed by atoms with Gasteiger partial charge in [-0.05, 0) is 43.8 Å². The van der Waals surface area contributed by atoms with Gasteiger partial charge >= 0.3 is 5.97 Å². The summed E-state index contributed by atoms with van der Waals surface area (Å²) < 4.78 is 16.7. The van der Waals surface area contributed by atoms with Crippen LogP contribution in [0.2, 0.25) is 0 Å². The fourth-order valence-corrected chi connectivity index (χ4v) is 3.40. The standard InChI is InChI=1S/C16H17N5O3S/c1-2-23-16(22)10-7-12(13-9-17-20-25-13)19-15-11(10)8-18-21(15)14-5-3-4-6-24-14/h7-9,14H,2-6H2,1H3. The van der Waals surface area contributed by atoms with Crippen LogP contribution in [0.4, 0.5) is 0 Å². The molecule has 1 unspecified atom stereocenters. The predicted octanol–water partition coefficient (Wildman–Crippen LogP) is 2.83. The summed E-state index contributed by atoms with van der Waals surface area (Å²) in [6.07, 6.45) is 6.12. The zero-order valence-electron chi connectivity index (χ0n) is 13.7. The molecule has 0 bridgehead atoms. The van der Waals surface area contributed by atoms with Gasteiger partial charge in [0.15, 0.2) is 11.9 Å². The molecule has 3 aromatic rings. The number of esters is 1. The van der Waals surface area contributed by atoms with E-state index in [1.165, 1.54) is 11.5 Å². The van der Waals surface area contributed by atoms with Gasteiger partial charge in [0.05, 0.1) is 40.5 Å². The van der Waals surface area contributed by atoms with Gasteiger partial charge in [-0.2, -0.15) is 5.10 Å². The van der Waals surface area contributed by atoms with Gasteiger partial charge in [0.25, 0.3) is 0 Å². The average molecular weight is 359 g/mol. The van der Waals surface area contributed by atoms with Crippen molar-refractivity contribution in [3.63, 3.8) is 0 Å². The van der Waals surface area contributed by atoms with Crippen LogP contribution in [0, 0.1) is 0 Å². The lowest BCUT2D eigenvalue weighted by Crippen LogP contribution is -2.19. The van der Waals surface area contributed by atoms with E-state index in [-0.39, 0.29) is 6.23 Å². The summed E-state index contributed by atoms with van der Waals surface area (Å²) in [6, 6.07) is 1.71. The number of hydrogen-bond acceptors (Lipinski definition) is 8. The first kappa shape index (κ1) is 16.1. The Labute approximate surface area is 147 Å². The van der Waals surface area contributed by atoms with Gasteiger partial charge in [-0.3, -0.25) is 0 Å². The van der Waals surface area contributed by atoms with Crippen LogP contribution in [-0.2, 0) is 9.47 Å². The molecule has 0 radical (unpaired) electrons. The summed E-state index contributed by atoms with van der Waals surface area (Å²) in [6.45, 7) is 2.79. The Bertz CT molecular complexity index is 887. The van der Waals surface area contributed by atoms with E-state index in [2.05, 4.69) is 14.7 Å². The van der Waals surface area contributed by atoms with E-state index >= 15 is 0 Å². The molecule has 8 nitrogen and oxygen atoms in total. The Morgan fingerprint density at radius 1 is 1.44 bits per heavy atom. The first-order valence-corrected chi connectivity index (χ1v) is 9.00. The van der Waals surface area contributed by atoms with Gasteiger partial charge in [-0.1, -0.05) is 4.49 Å². The topological polar surface area (TPSA) is 92.0 Å². The Morgan fingerprint density at radius 2 is 2.36 bits per heavy atom. The number of rotatable bonds is 4. The van der Waals surface area contributed by atoms with Crippen molar-refractivity contribution in [1.82, 2.24) is 24.4 Å². The number of carbonyl (C=O) groups excluding carboxylic acids is 1. The molecule has 1 saturated heterocycles. The van der Waals surface area contributed by atoms with Gasteiger partial charge in [0, 0.05) is 6.61 Å². The minimum absolute atomic E-state index is 0.163. The SMILES string of the molecule is CCOC(=O)c1cc(-c2cnns2)nc2c1cnn2C1CCCCO1. The molecule has 3 aromatic heterocycles. The fraction of sp³-hybridized carbons (Fsp3) is 0.438. The summed E-state index contributed by atoms with van der Waals surface area (Å²) in [7, 11) is 0. The molecular formula is C16H17N5O3S. The molecular weight excluding hydrogens is 342 g/mol. The van der Waals surface area contributed by atoms with Crippen molar-refractivity contribution in [3.8, 4) is 10.6 Å². The first-order chi connectivity index (χ1) is 12.3. The Hall–Kier alpha value is -2.39. The molecule has 4 heterocycles. The molecule has 0 spiro atoms.